The number of aromatic nitrogens is 3. The highest BCUT2D eigenvalue weighted by Crippen LogP contribution is 2.10. The molecule has 7 nitrogen and oxygen atoms in total. The van der Waals surface area contributed by atoms with Crippen molar-refractivity contribution in [1.82, 2.24) is 26.0 Å². The Hall–Kier alpha value is -3.29. The summed E-state index contributed by atoms with van der Waals surface area (Å²) in [7, 11) is 0. The topological polar surface area (TPSA) is 99.8 Å². The number of aromatic amines is 1. The van der Waals surface area contributed by atoms with Gasteiger partial charge in [0.2, 0.25) is 0 Å². The van der Waals surface area contributed by atoms with E-state index in [1.165, 1.54) is 18.2 Å². The third-order valence-corrected chi connectivity index (χ3v) is 3.59. The van der Waals surface area contributed by atoms with Gasteiger partial charge in [0.15, 0.2) is 0 Å². The summed E-state index contributed by atoms with van der Waals surface area (Å²) < 4.78 is 13.1. The Balaban J connectivity index is 1.42. The molecule has 0 radical (unpaired) electrons. The summed E-state index contributed by atoms with van der Waals surface area (Å²) in [6.07, 6.45) is 0.555. The second kappa shape index (κ2) is 7.52. The Morgan fingerprint density at radius 1 is 0.920 bits per heavy atom. The molecule has 3 aromatic rings. The second-order valence-electron chi connectivity index (χ2n) is 5.40. The van der Waals surface area contributed by atoms with Gasteiger partial charge >= 0.3 is 0 Å². The lowest BCUT2D eigenvalue weighted by atomic mass is 10.2. The summed E-state index contributed by atoms with van der Waals surface area (Å²) in [4.78, 5) is 23.9. The van der Waals surface area contributed by atoms with Crippen LogP contribution in [-0.2, 0) is 0 Å². The third kappa shape index (κ3) is 4.17. The van der Waals surface area contributed by atoms with Crippen molar-refractivity contribution in [3.8, 4) is 0 Å². The lowest BCUT2D eigenvalue weighted by Crippen LogP contribution is -2.29. The molecule has 0 bridgehead atoms. The molecule has 0 aliphatic heterocycles. The zero-order valence-electron chi connectivity index (χ0n) is 13.3. The van der Waals surface area contributed by atoms with Crippen molar-refractivity contribution in [2.75, 3.05) is 13.1 Å². The van der Waals surface area contributed by atoms with E-state index in [1.807, 2.05) is 0 Å². The van der Waals surface area contributed by atoms with Crippen molar-refractivity contribution in [2.24, 2.45) is 0 Å². The second-order valence-corrected chi connectivity index (χ2v) is 5.40. The van der Waals surface area contributed by atoms with E-state index >= 15 is 0 Å². The van der Waals surface area contributed by atoms with E-state index in [2.05, 4.69) is 26.0 Å². The highest BCUT2D eigenvalue weighted by atomic mass is 19.1. The highest BCUT2D eigenvalue weighted by molar-refractivity contribution is 5.97. The third-order valence-electron chi connectivity index (χ3n) is 3.59. The maximum absolute atomic E-state index is 13.1. The molecule has 128 valence electrons. The number of hydrogen-bond donors (Lipinski definition) is 3. The monoisotopic (exact) mass is 341 g/mol. The van der Waals surface area contributed by atoms with Crippen LogP contribution in [0.4, 0.5) is 4.39 Å². The van der Waals surface area contributed by atoms with Gasteiger partial charge in [-0.05, 0) is 42.8 Å². The molecule has 1 heterocycles. The summed E-state index contributed by atoms with van der Waals surface area (Å²) in [5.74, 6) is -1.02. The summed E-state index contributed by atoms with van der Waals surface area (Å²) in [6.45, 7) is 0.775. The van der Waals surface area contributed by atoms with Gasteiger partial charge in [-0.15, -0.1) is 0 Å². The van der Waals surface area contributed by atoms with Crippen molar-refractivity contribution in [2.45, 2.75) is 6.42 Å². The van der Waals surface area contributed by atoms with Crippen LogP contribution >= 0.6 is 0 Å². The van der Waals surface area contributed by atoms with Gasteiger partial charge in [-0.3, -0.25) is 9.59 Å². The number of hydrogen-bond acceptors (Lipinski definition) is 4. The molecule has 0 unspecified atom stereocenters. The first-order valence-corrected chi connectivity index (χ1v) is 7.76. The number of nitrogens with zero attached hydrogens (tertiary/aromatic N) is 2. The van der Waals surface area contributed by atoms with Crippen molar-refractivity contribution >= 4 is 22.8 Å². The molecule has 25 heavy (non-hydrogen) atoms. The minimum atomic E-state index is -0.455. The molecule has 0 saturated carbocycles. The average molecular weight is 341 g/mol. The largest absolute Gasteiger partial charge is 0.352 e. The Kier molecular flexibility index (Phi) is 4.98. The van der Waals surface area contributed by atoms with Crippen LogP contribution < -0.4 is 10.6 Å². The molecule has 0 aliphatic carbocycles. The molecule has 2 amide bonds. The number of carbonyl (C=O) groups excluding carboxylic acids is 2. The summed E-state index contributed by atoms with van der Waals surface area (Å²) in [5, 5.41) is 15.8. The summed E-state index contributed by atoms with van der Waals surface area (Å²) >= 11 is 0. The van der Waals surface area contributed by atoms with Crippen LogP contribution in [0.25, 0.3) is 11.0 Å². The quantitative estimate of drug-likeness (QED) is 0.594. The van der Waals surface area contributed by atoms with Crippen LogP contribution in [0.5, 0.6) is 0 Å². The molecule has 0 spiro atoms. The Bertz CT molecular complexity index is 909. The van der Waals surface area contributed by atoms with Gasteiger partial charge in [0, 0.05) is 24.2 Å². The highest BCUT2D eigenvalue weighted by Gasteiger charge is 2.08. The zero-order valence-corrected chi connectivity index (χ0v) is 13.3. The minimum absolute atomic E-state index is 0.221. The van der Waals surface area contributed by atoms with Gasteiger partial charge in [-0.25, -0.2) is 4.39 Å². The van der Waals surface area contributed by atoms with E-state index in [1.54, 1.807) is 24.3 Å². The van der Waals surface area contributed by atoms with Crippen LogP contribution in [0.15, 0.2) is 42.5 Å². The lowest BCUT2D eigenvalue weighted by Gasteiger charge is -2.07. The van der Waals surface area contributed by atoms with Crippen LogP contribution in [0.1, 0.15) is 27.1 Å². The van der Waals surface area contributed by atoms with Gasteiger partial charge in [0.05, 0.1) is 0 Å². The first-order chi connectivity index (χ1) is 12.1. The van der Waals surface area contributed by atoms with E-state index in [4.69, 9.17) is 0 Å². The van der Waals surface area contributed by atoms with E-state index in [9.17, 15) is 14.0 Å². The molecule has 3 N–H and O–H groups in total. The molecule has 3 rings (SSSR count). The SMILES string of the molecule is O=C(NCCCNC(=O)c1ccc2n[nH]nc2c1)c1cccc(F)c1. The number of benzene rings is 2. The fourth-order valence-corrected chi connectivity index (χ4v) is 2.31. The van der Waals surface area contributed by atoms with Crippen molar-refractivity contribution in [3.63, 3.8) is 0 Å². The predicted molar refractivity (Wildman–Crippen MR) is 89.6 cm³/mol. The minimum Gasteiger partial charge on any atom is -0.352 e. The molecule has 0 saturated heterocycles. The Morgan fingerprint density at radius 3 is 2.32 bits per heavy atom. The fourth-order valence-electron chi connectivity index (χ4n) is 2.31. The van der Waals surface area contributed by atoms with E-state index < -0.39 is 5.82 Å². The lowest BCUT2D eigenvalue weighted by molar-refractivity contribution is 0.0951. The van der Waals surface area contributed by atoms with Crippen molar-refractivity contribution < 1.29 is 14.0 Å². The Morgan fingerprint density at radius 2 is 1.60 bits per heavy atom. The molecule has 0 fully saturated rings. The molecular formula is C17H16FN5O2. The number of rotatable bonds is 6. The van der Waals surface area contributed by atoms with E-state index in [0.717, 1.165) is 0 Å². The molecule has 8 heteroatoms. The number of carbonyl (C=O) groups is 2. The van der Waals surface area contributed by atoms with Gasteiger partial charge in [0.1, 0.15) is 16.9 Å². The van der Waals surface area contributed by atoms with Crippen LogP contribution in [-0.4, -0.2) is 40.3 Å². The van der Waals surface area contributed by atoms with Gasteiger partial charge in [0.25, 0.3) is 11.8 Å². The smallest absolute Gasteiger partial charge is 0.251 e. The number of fused-ring (bicyclic) bond motifs is 1. The average Bonchev–Trinajstić information content (AvgIpc) is 3.08. The first-order valence-electron chi connectivity index (χ1n) is 7.76. The van der Waals surface area contributed by atoms with Crippen LogP contribution in [0.2, 0.25) is 0 Å². The standard InChI is InChI=1S/C17H16FN5O2/c18-13-4-1-3-11(9-13)16(24)19-7-2-8-20-17(25)12-5-6-14-15(10-12)22-23-21-14/h1,3-6,9-10H,2,7-8H2,(H,19,24)(H,20,25)(H,21,22,23). The molecule has 0 aliphatic rings. The zero-order chi connectivity index (χ0) is 17.6. The fraction of sp³-hybridized carbons (Fsp3) is 0.176. The summed E-state index contributed by atoms with van der Waals surface area (Å²) in [6, 6.07) is 10.5. The maximum atomic E-state index is 13.1. The number of halogens is 1. The van der Waals surface area contributed by atoms with E-state index in [-0.39, 0.29) is 17.4 Å². The first kappa shape index (κ1) is 16.6. The van der Waals surface area contributed by atoms with Crippen LogP contribution in [0.3, 0.4) is 0 Å². The number of H-pyrrole nitrogens is 1. The van der Waals surface area contributed by atoms with Gasteiger partial charge in [-0.1, -0.05) is 6.07 Å². The summed E-state index contributed by atoms with van der Waals surface area (Å²) in [5.41, 5.74) is 2.07. The van der Waals surface area contributed by atoms with E-state index in [0.29, 0.717) is 36.1 Å². The molecule has 2 aromatic carbocycles. The number of nitrogens with one attached hydrogen (secondary N) is 3. The molecule has 1 aromatic heterocycles. The van der Waals surface area contributed by atoms with Crippen LogP contribution in [0, 0.1) is 5.82 Å². The van der Waals surface area contributed by atoms with Gasteiger partial charge in [-0.2, -0.15) is 15.4 Å². The molecular weight excluding hydrogens is 325 g/mol. The van der Waals surface area contributed by atoms with Crippen molar-refractivity contribution in [3.05, 3.63) is 59.4 Å². The normalized spacial score (nSPS) is 10.6. The van der Waals surface area contributed by atoms with Gasteiger partial charge < -0.3 is 10.6 Å². The predicted octanol–water partition coefficient (Wildman–Crippen LogP) is 1.65. The number of amides is 2. The van der Waals surface area contributed by atoms with Crippen molar-refractivity contribution in [1.29, 1.82) is 0 Å². The maximum Gasteiger partial charge on any atom is 0.251 e. The molecule has 0 atom stereocenters. The Labute approximate surface area is 142 Å².